The minimum Gasteiger partial charge on any atom is -0.493 e. The van der Waals surface area contributed by atoms with Gasteiger partial charge < -0.3 is 19.2 Å². The molecule has 0 unspecified atom stereocenters. The molecule has 1 N–H and O–H groups in total. The number of amides is 1. The Kier molecular flexibility index (Phi) is 7.66. The minimum atomic E-state index is -0.667. The molecule has 0 radical (unpaired) electrons. The maximum Gasteiger partial charge on any atom is 0.379 e. The van der Waals surface area contributed by atoms with Crippen molar-refractivity contribution in [3.05, 3.63) is 82.8 Å². The van der Waals surface area contributed by atoms with Crippen LogP contribution in [0.1, 0.15) is 41.1 Å². The first-order chi connectivity index (χ1) is 16.0. The van der Waals surface area contributed by atoms with Crippen molar-refractivity contribution < 1.29 is 23.5 Å². The number of esters is 1. The Labute approximate surface area is 192 Å². The van der Waals surface area contributed by atoms with E-state index in [-0.39, 0.29) is 22.8 Å². The Morgan fingerprint density at radius 1 is 1.06 bits per heavy atom. The van der Waals surface area contributed by atoms with E-state index in [2.05, 4.69) is 5.32 Å². The van der Waals surface area contributed by atoms with Crippen LogP contribution in [0.25, 0.3) is 6.08 Å². The highest BCUT2D eigenvalue weighted by Gasteiger charge is 2.17. The molecular formula is C26H24N2O5. The summed E-state index contributed by atoms with van der Waals surface area (Å²) in [6.07, 6.45) is 4.34. The first kappa shape index (κ1) is 23.4. The van der Waals surface area contributed by atoms with Gasteiger partial charge in [-0.2, -0.15) is 5.26 Å². The highest BCUT2D eigenvalue weighted by Crippen LogP contribution is 2.30. The van der Waals surface area contributed by atoms with Gasteiger partial charge in [0.2, 0.25) is 5.76 Å². The van der Waals surface area contributed by atoms with Crippen LogP contribution < -0.4 is 14.8 Å². The summed E-state index contributed by atoms with van der Waals surface area (Å²) in [5.74, 6) is -0.655. The average molecular weight is 444 g/mol. The number of nitriles is 1. The number of anilines is 1. The molecule has 0 spiro atoms. The number of benzene rings is 2. The molecule has 3 aromatic rings. The third-order valence-corrected chi connectivity index (χ3v) is 5.03. The van der Waals surface area contributed by atoms with Gasteiger partial charge >= 0.3 is 5.97 Å². The summed E-state index contributed by atoms with van der Waals surface area (Å²) in [4.78, 5) is 25.0. The monoisotopic (exact) mass is 444 g/mol. The molecule has 2 aromatic carbocycles. The average Bonchev–Trinajstić information content (AvgIpc) is 3.38. The van der Waals surface area contributed by atoms with Crippen LogP contribution in [-0.2, 0) is 17.6 Å². The zero-order valence-electron chi connectivity index (χ0n) is 18.7. The lowest BCUT2D eigenvalue weighted by molar-refractivity contribution is -0.112. The maximum atomic E-state index is 12.9. The van der Waals surface area contributed by atoms with Gasteiger partial charge in [-0.05, 0) is 59.9 Å². The lowest BCUT2D eigenvalue weighted by Crippen LogP contribution is -2.16. The number of nitrogens with zero attached hydrogens (tertiary/aromatic N) is 1. The van der Waals surface area contributed by atoms with E-state index in [9.17, 15) is 14.9 Å². The quantitative estimate of drug-likeness (QED) is 0.222. The van der Waals surface area contributed by atoms with Crippen molar-refractivity contribution in [2.24, 2.45) is 0 Å². The number of aryl methyl sites for hydroxylation is 2. The normalized spacial score (nSPS) is 10.9. The lowest BCUT2D eigenvalue weighted by atomic mass is 10.0. The van der Waals surface area contributed by atoms with E-state index in [0.717, 1.165) is 29.7 Å². The second kappa shape index (κ2) is 10.8. The molecule has 7 nitrogen and oxygen atoms in total. The number of carbonyl (C=O) groups is 2. The second-order valence-corrected chi connectivity index (χ2v) is 7.06. The lowest BCUT2D eigenvalue weighted by Gasteiger charge is -2.14. The first-order valence-electron chi connectivity index (χ1n) is 10.5. The van der Waals surface area contributed by atoms with Crippen LogP contribution >= 0.6 is 0 Å². The largest absolute Gasteiger partial charge is 0.493 e. The molecule has 3 rings (SSSR count). The highest BCUT2D eigenvalue weighted by molar-refractivity contribution is 6.10. The Morgan fingerprint density at radius 2 is 1.79 bits per heavy atom. The second-order valence-electron chi connectivity index (χ2n) is 7.06. The zero-order valence-corrected chi connectivity index (χ0v) is 18.7. The zero-order chi connectivity index (χ0) is 23.8. The molecule has 1 amide bonds. The van der Waals surface area contributed by atoms with Crippen LogP contribution in [-0.4, -0.2) is 19.0 Å². The predicted molar refractivity (Wildman–Crippen MR) is 124 cm³/mol. The van der Waals surface area contributed by atoms with Crippen LogP contribution in [0.2, 0.25) is 0 Å². The molecule has 0 aliphatic carbocycles. The van der Waals surface area contributed by atoms with Crippen molar-refractivity contribution >= 4 is 23.6 Å². The fourth-order valence-corrected chi connectivity index (χ4v) is 3.30. The summed E-state index contributed by atoms with van der Waals surface area (Å²) in [6, 6.07) is 15.6. The molecule has 0 saturated heterocycles. The summed E-state index contributed by atoms with van der Waals surface area (Å²) in [5, 5.41) is 12.5. The fourth-order valence-electron chi connectivity index (χ4n) is 3.30. The summed E-state index contributed by atoms with van der Waals surface area (Å²) < 4.78 is 15.7. The van der Waals surface area contributed by atoms with Crippen molar-refractivity contribution in [1.29, 1.82) is 5.26 Å². The fraction of sp³-hybridized carbons (Fsp3) is 0.192. The molecule has 7 heteroatoms. The van der Waals surface area contributed by atoms with Gasteiger partial charge in [0.05, 0.1) is 13.4 Å². The van der Waals surface area contributed by atoms with Crippen molar-refractivity contribution in [3.63, 3.8) is 0 Å². The van der Waals surface area contributed by atoms with E-state index in [1.807, 2.05) is 38.1 Å². The van der Waals surface area contributed by atoms with E-state index in [1.165, 1.54) is 31.6 Å². The number of para-hydroxylation sites is 1. The van der Waals surface area contributed by atoms with Gasteiger partial charge in [0, 0.05) is 5.69 Å². The number of hydrogen-bond donors (Lipinski definition) is 1. The van der Waals surface area contributed by atoms with Crippen LogP contribution in [0.5, 0.6) is 11.5 Å². The third-order valence-electron chi connectivity index (χ3n) is 5.03. The highest BCUT2D eigenvalue weighted by atomic mass is 16.6. The van der Waals surface area contributed by atoms with Gasteiger partial charge in [0.1, 0.15) is 11.6 Å². The van der Waals surface area contributed by atoms with Gasteiger partial charge in [-0.1, -0.05) is 38.1 Å². The molecule has 1 aromatic heterocycles. The summed E-state index contributed by atoms with van der Waals surface area (Å²) in [6.45, 7) is 4.02. The van der Waals surface area contributed by atoms with Crippen LogP contribution in [0.15, 0.2) is 64.8 Å². The molecule has 0 bridgehead atoms. The van der Waals surface area contributed by atoms with E-state index >= 15 is 0 Å². The number of furan rings is 1. The Bertz CT molecular complexity index is 1200. The number of methoxy groups -OCH3 is 1. The molecule has 1 heterocycles. The van der Waals surface area contributed by atoms with Gasteiger partial charge in [0.25, 0.3) is 5.91 Å². The number of rotatable bonds is 8. The van der Waals surface area contributed by atoms with Gasteiger partial charge in [0.15, 0.2) is 11.5 Å². The van der Waals surface area contributed by atoms with Crippen LogP contribution in [0.4, 0.5) is 5.69 Å². The summed E-state index contributed by atoms with van der Waals surface area (Å²) >= 11 is 0. The van der Waals surface area contributed by atoms with E-state index in [0.29, 0.717) is 5.56 Å². The molecule has 0 atom stereocenters. The molecule has 0 saturated carbocycles. The van der Waals surface area contributed by atoms with Gasteiger partial charge in [-0.15, -0.1) is 0 Å². The Morgan fingerprint density at radius 3 is 2.36 bits per heavy atom. The van der Waals surface area contributed by atoms with E-state index in [1.54, 1.807) is 18.2 Å². The summed E-state index contributed by atoms with van der Waals surface area (Å²) in [7, 11) is 1.43. The smallest absolute Gasteiger partial charge is 0.379 e. The first-order valence-corrected chi connectivity index (χ1v) is 10.5. The number of nitrogens with one attached hydrogen (secondary N) is 1. The maximum absolute atomic E-state index is 12.9. The number of ether oxygens (including phenoxy) is 2. The molecular weight excluding hydrogens is 420 g/mol. The predicted octanol–water partition coefficient (Wildman–Crippen LogP) is 5.18. The number of hydrogen-bond acceptors (Lipinski definition) is 6. The standard InChI is InChI=1S/C26H24N2O5/c1-4-18-8-6-9-19(5-2)24(18)28-25(29)20(16-27)14-17-11-12-21(23(15-17)31-3)33-26(30)22-10-7-13-32-22/h6-15H,4-5H2,1-3H3,(H,28,29)/b20-14+. The Hall–Kier alpha value is -4.31. The number of carbonyl (C=O) groups excluding carboxylic acids is 2. The van der Waals surface area contributed by atoms with Gasteiger partial charge in [-0.25, -0.2) is 4.79 Å². The topological polar surface area (TPSA) is 102 Å². The van der Waals surface area contributed by atoms with E-state index < -0.39 is 11.9 Å². The minimum absolute atomic E-state index is 0.0586. The van der Waals surface area contributed by atoms with Crippen molar-refractivity contribution in [1.82, 2.24) is 0 Å². The Balaban J connectivity index is 1.84. The summed E-state index contributed by atoms with van der Waals surface area (Å²) in [5.41, 5.74) is 3.22. The third kappa shape index (κ3) is 5.49. The molecule has 0 aliphatic heterocycles. The van der Waals surface area contributed by atoms with Crippen molar-refractivity contribution in [2.75, 3.05) is 12.4 Å². The van der Waals surface area contributed by atoms with Crippen LogP contribution in [0, 0.1) is 11.3 Å². The van der Waals surface area contributed by atoms with Crippen molar-refractivity contribution in [2.45, 2.75) is 26.7 Å². The van der Waals surface area contributed by atoms with E-state index in [4.69, 9.17) is 13.9 Å². The molecule has 168 valence electrons. The molecule has 0 fully saturated rings. The van der Waals surface area contributed by atoms with Crippen LogP contribution in [0.3, 0.4) is 0 Å². The SMILES string of the molecule is CCc1cccc(CC)c1NC(=O)/C(C#N)=C/c1ccc(OC(=O)c2ccco2)c(OC)c1. The van der Waals surface area contributed by atoms with Crippen molar-refractivity contribution in [3.8, 4) is 17.6 Å². The molecule has 33 heavy (non-hydrogen) atoms. The van der Waals surface area contributed by atoms with Gasteiger partial charge in [-0.3, -0.25) is 4.79 Å². The molecule has 0 aliphatic rings.